The van der Waals surface area contributed by atoms with Crippen LogP contribution in [-0.2, 0) is 12.6 Å². The molecule has 3 heteroatoms. The molecule has 0 aromatic heterocycles. The van der Waals surface area contributed by atoms with Crippen molar-refractivity contribution in [1.29, 1.82) is 5.26 Å². The maximum absolute atomic E-state index is 7.13. The van der Waals surface area contributed by atoms with Gasteiger partial charge in [-0.2, -0.15) is 0 Å². The summed E-state index contributed by atoms with van der Waals surface area (Å²) >= 11 is 2.86. The van der Waals surface area contributed by atoms with Gasteiger partial charge in [0.05, 0.1) is 0 Å². The molecule has 0 saturated carbocycles. The number of rotatable bonds is 9. The van der Waals surface area contributed by atoms with Crippen LogP contribution in [0.3, 0.4) is 0 Å². The molecule has 0 spiro atoms. The third-order valence-corrected chi connectivity index (χ3v) is 11.7. The Morgan fingerprint density at radius 3 is 1.31 bits per heavy atom. The predicted molar refractivity (Wildman–Crippen MR) is 77.9 cm³/mol. The molecule has 0 fully saturated rings. The summed E-state index contributed by atoms with van der Waals surface area (Å²) in [5.74, 6) is 0. The first-order valence-corrected chi connectivity index (χ1v) is 13.1. The number of unbranched alkanes of at least 4 members (excludes halogenated alkanes) is 3. The molecule has 0 rings (SSSR count). The van der Waals surface area contributed by atoms with Gasteiger partial charge >= 0.3 is 92.4 Å². The van der Waals surface area contributed by atoms with Crippen LogP contribution < -0.4 is 0 Å². The van der Waals surface area contributed by atoms with E-state index in [-0.39, 0.29) is 0 Å². The molecule has 95 valence electrons. The summed E-state index contributed by atoms with van der Waals surface area (Å²) in [5.41, 5.74) is 0. The van der Waals surface area contributed by atoms with Crippen LogP contribution in [0, 0.1) is 10.7 Å². The van der Waals surface area contributed by atoms with Gasteiger partial charge in [0.1, 0.15) is 0 Å². The summed E-state index contributed by atoms with van der Waals surface area (Å²) in [7, 11) is 0. The molecule has 0 aliphatic rings. The van der Waals surface area contributed by atoms with E-state index in [4.69, 9.17) is 5.26 Å². The second-order valence-electron chi connectivity index (χ2n) is 4.15. The van der Waals surface area contributed by atoms with E-state index in [0.29, 0.717) is 0 Å². The van der Waals surface area contributed by atoms with Crippen LogP contribution in [-0.4, -0.2) is 19.8 Å². The van der Waals surface area contributed by atoms with Crippen molar-refractivity contribution < 1.29 is 0 Å². The Morgan fingerprint density at radius 2 is 1.12 bits per heavy atom. The smallest absolute Gasteiger partial charge is 0.0797 e. The van der Waals surface area contributed by atoms with E-state index in [1.165, 1.54) is 43.9 Å². The van der Waals surface area contributed by atoms with E-state index in [0.717, 1.165) is 0 Å². The molecule has 0 N–H and O–H groups in total. The Bertz CT molecular complexity index is 137. The molecule has 0 amide bonds. The van der Waals surface area contributed by atoms with Crippen LogP contribution in [0.25, 0.3) is 0 Å². The molecular weight excluding hydrogens is 321 g/mol. The Hall–Kier alpha value is 0.509. The number of nitrogens with zero attached hydrogens (tertiary/aromatic N) is 1. The second-order valence-corrected chi connectivity index (χ2v) is 12.9. The first kappa shape index (κ1) is 18.9. The molecule has 0 heterocycles. The van der Waals surface area contributed by atoms with E-state index >= 15 is 0 Å². The maximum atomic E-state index is 7.13. The fourth-order valence-corrected chi connectivity index (χ4v) is 11.1. The first-order chi connectivity index (χ1) is 7.76. The molecule has 0 aromatic rings. The minimum absolute atomic E-state index is 0.839. The van der Waals surface area contributed by atoms with Gasteiger partial charge in [0, 0.05) is 0 Å². The topological polar surface area (TPSA) is 23.8 Å². The molecule has 0 aliphatic heterocycles. The van der Waals surface area contributed by atoms with Gasteiger partial charge in [-0.3, -0.25) is 0 Å². The normalized spacial score (nSPS) is 9.44. The maximum Gasteiger partial charge on any atom is -0.0797 e. The van der Waals surface area contributed by atoms with Crippen molar-refractivity contribution in [1.82, 2.24) is 0 Å². The van der Waals surface area contributed by atoms with E-state index in [1.54, 1.807) is 13.3 Å². The van der Waals surface area contributed by atoms with Gasteiger partial charge in [0.15, 0.2) is 0 Å². The third-order valence-electron chi connectivity index (χ3n) is 2.65. The van der Waals surface area contributed by atoms with E-state index in [1.807, 2.05) is 0 Å². The monoisotopic (exact) mass is 349 g/mol. The number of hydrogen-bond acceptors (Lipinski definition) is 2. The first-order valence-electron chi connectivity index (χ1n) is 6.61. The molecule has 0 aliphatic carbocycles. The van der Waals surface area contributed by atoms with Crippen LogP contribution in [0.1, 0.15) is 59.3 Å². The summed E-state index contributed by atoms with van der Waals surface area (Å²) in [6.07, 6.45) is 8.85. The SMILES string of the molecule is CCC[CH2][Sn]([CH2]CCC)[CH2]CCC.N#C[S-]. The Labute approximate surface area is 115 Å². The number of nitriles is 1. The fraction of sp³-hybridized carbons (Fsp3) is 0.923. The molecule has 0 unspecified atom stereocenters. The average molecular weight is 348 g/mol. The summed E-state index contributed by atoms with van der Waals surface area (Å²) in [4.78, 5) is 0. The number of hydrogen-bond donors (Lipinski definition) is 0. The summed E-state index contributed by atoms with van der Waals surface area (Å²) in [5, 5.41) is 8.47. The van der Waals surface area contributed by atoms with Crippen LogP contribution in [0.15, 0.2) is 0 Å². The predicted octanol–water partition coefficient (Wildman–Crippen LogP) is 4.90. The van der Waals surface area contributed by atoms with E-state index in [9.17, 15) is 0 Å². The zero-order chi connectivity index (χ0) is 12.6. The van der Waals surface area contributed by atoms with E-state index in [2.05, 4.69) is 33.4 Å². The average Bonchev–Trinajstić information content (AvgIpc) is 2.29. The van der Waals surface area contributed by atoms with Crippen molar-refractivity contribution in [2.24, 2.45) is 0 Å². The summed E-state index contributed by atoms with van der Waals surface area (Å²) in [6, 6.07) is 0. The number of thiocyanates is 1. The van der Waals surface area contributed by atoms with Crippen molar-refractivity contribution in [3.8, 4) is 5.40 Å². The van der Waals surface area contributed by atoms with Gasteiger partial charge in [0.2, 0.25) is 0 Å². The van der Waals surface area contributed by atoms with Crippen molar-refractivity contribution in [3.63, 3.8) is 0 Å². The van der Waals surface area contributed by atoms with Crippen molar-refractivity contribution in [2.45, 2.75) is 72.6 Å². The van der Waals surface area contributed by atoms with Crippen LogP contribution in [0.2, 0.25) is 13.3 Å². The Morgan fingerprint density at radius 1 is 0.875 bits per heavy atom. The van der Waals surface area contributed by atoms with Gasteiger partial charge in [-0.1, -0.05) is 5.40 Å². The molecule has 0 saturated heterocycles. The van der Waals surface area contributed by atoms with Crippen molar-refractivity contribution in [3.05, 3.63) is 0 Å². The standard InChI is InChI=1S/3C4H9.CHNS.Sn/c3*1-3-4-2;2-1-3;/h3*1,3-4H2,2H3;3H;/p-1. The summed E-state index contributed by atoms with van der Waals surface area (Å²) in [6.45, 7) is 7.00. The van der Waals surface area contributed by atoms with Crippen LogP contribution >= 0.6 is 0 Å². The molecule has 16 heavy (non-hydrogen) atoms. The van der Waals surface area contributed by atoms with Gasteiger partial charge in [-0.15, -0.1) is 0 Å². The van der Waals surface area contributed by atoms with Crippen molar-refractivity contribution in [2.75, 3.05) is 0 Å². The largest absolute Gasteiger partial charge is 0.696 e. The molecule has 1 radical (unpaired) electrons. The summed E-state index contributed by atoms with van der Waals surface area (Å²) < 4.78 is 5.04. The van der Waals surface area contributed by atoms with Gasteiger partial charge in [0.25, 0.3) is 0 Å². The molecule has 0 aromatic carbocycles. The van der Waals surface area contributed by atoms with Gasteiger partial charge < -0.3 is 12.6 Å². The quantitative estimate of drug-likeness (QED) is 0.336. The molecule has 0 atom stereocenters. The van der Waals surface area contributed by atoms with Crippen LogP contribution in [0.5, 0.6) is 0 Å². The zero-order valence-corrected chi connectivity index (χ0v) is 14.9. The van der Waals surface area contributed by atoms with Gasteiger partial charge in [-0.25, -0.2) is 5.26 Å². The Balaban J connectivity index is 0. The minimum atomic E-state index is -0.839. The molecule has 0 bridgehead atoms. The van der Waals surface area contributed by atoms with Crippen molar-refractivity contribution >= 4 is 32.4 Å². The molecular formula is C13H27NSSn-. The molecule has 1 nitrogen and oxygen atoms in total. The fourth-order valence-electron chi connectivity index (χ4n) is 1.66. The Kier molecular flexibility index (Phi) is 21.1. The zero-order valence-electron chi connectivity index (χ0n) is 11.2. The second kappa shape index (κ2) is 17.9. The van der Waals surface area contributed by atoms with E-state index < -0.39 is 19.8 Å². The minimum Gasteiger partial charge on any atom is -0.696 e. The van der Waals surface area contributed by atoms with Gasteiger partial charge in [-0.05, 0) is 0 Å². The van der Waals surface area contributed by atoms with Crippen LogP contribution in [0.4, 0.5) is 0 Å². The third kappa shape index (κ3) is 16.9.